The Labute approximate surface area is 48.0 Å². The second-order valence-corrected chi connectivity index (χ2v) is 1.22. The van der Waals surface area contributed by atoms with E-state index in [0.29, 0.717) is 0 Å². The minimum absolute atomic E-state index is 2.09. The van der Waals surface area contributed by atoms with Crippen LogP contribution < -0.4 is 0 Å². The average Bonchev–Trinajstić information content (AvgIpc) is 1.62. The van der Waals surface area contributed by atoms with Gasteiger partial charge in [0.1, 0.15) is 5.83 Å². The van der Waals surface area contributed by atoms with E-state index in [1.54, 1.807) is 0 Å². The standard InChI is InChI=1S/C4H2F5/c1-2(5)3(6)4(7,8)9/h1H2/b3-2+. The van der Waals surface area contributed by atoms with Gasteiger partial charge in [-0.05, 0) is 0 Å². The summed E-state index contributed by atoms with van der Waals surface area (Å²) in [7, 11) is 0. The molecule has 0 aliphatic rings. The van der Waals surface area contributed by atoms with E-state index in [-0.39, 0.29) is 0 Å². The summed E-state index contributed by atoms with van der Waals surface area (Å²) < 4.78 is 55.6. The van der Waals surface area contributed by atoms with Crippen molar-refractivity contribution in [2.24, 2.45) is 0 Å². The quantitative estimate of drug-likeness (QED) is 0.459. The molecule has 0 bridgehead atoms. The summed E-state index contributed by atoms with van der Waals surface area (Å²) >= 11 is 0. The van der Waals surface area contributed by atoms with Gasteiger partial charge in [0.2, 0.25) is 5.83 Å². The highest BCUT2D eigenvalue weighted by molar-refractivity contribution is 5.07. The van der Waals surface area contributed by atoms with Gasteiger partial charge in [-0.3, -0.25) is 0 Å². The molecule has 9 heavy (non-hydrogen) atoms. The first-order valence-electron chi connectivity index (χ1n) is 1.80. The van der Waals surface area contributed by atoms with Crippen LogP contribution in [-0.4, -0.2) is 6.18 Å². The SMILES string of the molecule is [CH2]/C(F)=C(\F)C(F)(F)F. The van der Waals surface area contributed by atoms with Crippen LogP contribution in [0.4, 0.5) is 22.0 Å². The highest BCUT2D eigenvalue weighted by atomic mass is 19.4. The minimum Gasteiger partial charge on any atom is -0.209 e. The second-order valence-electron chi connectivity index (χ2n) is 1.22. The first-order chi connectivity index (χ1) is 3.85. The molecule has 1 radical (unpaired) electrons. The molecule has 0 aliphatic carbocycles. The van der Waals surface area contributed by atoms with Crippen LogP contribution in [-0.2, 0) is 0 Å². The van der Waals surface area contributed by atoms with Crippen LogP contribution in [0.25, 0.3) is 0 Å². The number of hydrogen-bond acceptors (Lipinski definition) is 0. The van der Waals surface area contributed by atoms with Crippen molar-refractivity contribution >= 4 is 0 Å². The summed E-state index contributed by atoms with van der Waals surface area (Å²) in [6, 6.07) is 0. The van der Waals surface area contributed by atoms with Gasteiger partial charge in [-0.15, -0.1) is 0 Å². The molecule has 0 atom stereocenters. The van der Waals surface area contributed by atoms with Gasteiger partial charge >= 0.3 is 6.18 Å². The van der Waals surface area contributed by atoms with Crippen molar-refractivity contribution in [1.29, 1.82) is 0 Å². The molecule has 0 aliphatic heterocycles. The Kier molecular flexibility index (Phi) is 2.17. The zero-order chi connectivity index (χ0) is 7.65. The van der Waals surface area contributed by atoms with Crippen molar-refractivity contribution in [2.75, 3.05) is 0 Å². The predicted octanol–water partition coefficient (Wildman–Crippen LogP) is 2.53. The van der Waals surface area contributed by atoms with E-state index < -0.39 is 17.8 Å². The third-order valence-corrected chi connectivity index (χ3v) is 0.487. The molecular weight excluding hydrogens is 143 g/mol. The van der Waals surface area contributed by atoms with E-state index in [9.17, 15) is 22.0 Å². The lowest BCUT2D eigenvalue weighted by Gasteiger charge is -2.00. The molecule has 53 valence electrons. The van der Waals surface area contributed by atoms with Crippen LogP contribution in [0.15, 0.2) is 11.7 Å². The Bertz CT molecular complexity index is 126. The number of allylic oxidation sites excluding steroid dienone is 2. The molecule has 0 N–H and O–H groups in total. The van der Waals surface area contributed by atoms with E-state index in [1.165, 1.54) is 0 Å². The number of alkyl halides is 3. The Morgan fingerprint density at radius 3 is 1.44 bits per heavy atom. The van der Waals surface area contributed by atoms with Crippen molar-refractivity contribution in [1.82, 2.24) is 0 Å². The first kappa shape index (κ1) is 8.39. The van der Waals surface area contributed by atoms with Crippen molar-refractivity contribution < 1.29 is 22.0 Å². The van der Waals surface area contributed by atoms with Gasteiger partial charge in [0, 0.05) is 6.92 Å². The zero-order valence-electron chi connectivity index (χ0n) is 4.10. The Morgan fingerprint density at radius 1 is 1.11 bits per heavy atom. The van der Waals surface area contributed by atoms with E-state index in [0.717, 1.165) is 0 Å². The smallest absolute Gasteiger partial charge is 0.209 e. The molecule has 5 heteroatoms. The normalized spacial score (nSPS) is 15.3. The second kappa shape index (κ2) is 2.33. The number of halogens is 5. The lowest BCUT2D eigenvalue weighted by Crippen LogP contribution is -2.08. The maximum absolute atomic E-state index is 11.3. The van der Waals surface area contributed by atoms with Gasteiger partial charge in [0.15, 0.2) is 0 Å². The van der Waals surface area contributed by atoms with Gasteiger partial charge in [-0.25, -0.2) is 4.39 Å². The number of hydrogen-bond donors (Lipinski definition) is 0. The fraction of sp³-hybridized carbons (Fsp3) is 0.250. The van der Waals surface area contributed by atoms with Gasteiger partial charge < -0.3 is 0 Å². The summed E-state index contributed by atoms with van der Waals surface area (Å²) in [5.74, 6) is -4.87. The van der Waals surface area contributed by atoms with Crippen LogP contribution in [0.2, 0.25) is 0 Å². The van der Waals surface area contributed by atoms with Crippen molar-refractivity contribution in [3.63, 3.8) is 0 Å². The highest BCUT2D eigenvalue weighted by Crippen LogP contribution is 2.28. The predicted molar refractivity (Wildman–Crippen MR) is 20.7 cm³/mol. The maximum atomic E-state index is 11.3. The summed E-state index contributed by atoms with van der Waals surface area (Å²) in [6.45, 7) is 2.12. The lowest BCUT2D eigenvalue weighted by atomic mass is 10.4. The molecule has 0 spiro atoms. The lowest BCUT2D eigenvalue weighted by molar-refractivity contribution is -0.110. The fourth-order valence-electron chi connectivity index (χ4n) is 0.154. The highest BCUT2D eigenvalue weighted by Gasteiger charge is 2.36. The van der Waals surface area contributed by atoms with Crippen LogP contribution in [0.5, 0.6) is 0 Å². The van der Waals surface area contributed by atoms with E-state index >= 15 is 0 Å². The molecule has 0 unspecified atom stereocenters. The monoisotopic (exact) mass is 145 g/mol. The van der Waals surface area contributed by atoms with E-state index in [4.69, 9.17) is 0 Å². The van der Waals surface area contributed by atoms with E-state index in [2.05, 4.69) is 6.92 Å². The van der Waals surface area contributed by atoms with Crippen molar-refractivity contribution in [3.05, 3.63) is 18.6 Å². The molecule has 0 saturated heterocycles. The van der Waals surface area contributed by atoms with E-state index in [1.807, 2.05) is 0 Å². The van der Waals surface area contributed by atoms with Crippen LogP contribution in [0.1, 0.15) is 0 Å². The van der Waals surface area contributed by atoms with Gasteiger partial charge in [-0.2, -0.15) is 17.6 Å². The molecule has 0 rings (SSSR count). The molecule has 0 nitrogen and oxygen atoms in total. The molecule has 0 saturated carbocycles. The molecule has 0 amide bonds. The largest absolute Gasteiger partial charge is 0.445 e. The Balaban J connectivity index is 4.40. The Morgan fingerprint density at radius 2 is 1.44 bits per heavy atom. The van der Waals surface area contributed by atoms with Crippen LogP contribution in [0, 0.1) is 6.92 Å². The van der Waals surface area contributed by atoms with Gasteiger partial charge in [-0.1, -0.05) is 0 Å². The number of rotatable bonds is 0. The third kappa shape index (κ3) is 2.43. The third-order valence-electron chi connectivity index (χ3n) is 0.487. The summed E-state index contributed by atoms with van der Waals surface area (Å²) in [4.78, 5) is 0. The molecular formula is C4H2F5. The molecule has 0 heterocycles. The minimum atomic E-state index is -5.24. The molecule has 0 aromatic rings. The molecule has 0 fully saturated rings. The fourth-order valence-corrected chi connectivity index (χ4v) is 0.154. The summed E-state index contributed by atoms with van der Waals surface area (Å²) in [5.41, 5.74) is 0. The topological polar surface area (TPSA) is 0 Å². The zero-order valence-corrected chi connectivity index (χ0v) is 4.10. The maximum Gasteiger partial charge on any atom is 0.445 e. The molecule has 0 aromatic heterocycles. The van der Waals surface area contributed by atoms with Crippen LogP contribution >= 0.6 is 0 Å². The van der Waals surface area contributed by atoms with Crippen LogP contribution in [0.3, 0.4) is 0 Å². The Hall–Kier alpha value is -0.610. The summed E-state index contributed by atoms with van der Waals surface area (Å²) in [5, 5.41) is 0. The first-order valence-corrected chi connectivity index (χ1v) is 1.80. The van der Waals surface area contributed by atoms with Crippen molar-refractivity contribution in [2.45, 2.75) is 6.18 Å². The average molecular weight is 145 g/mol. The van der Waals surface area contributed by atoms with Gasteiger partial charge in [0.25, 0.3) is 0 Å². The van der Waals surface area contributed by atoms with Gasteiger partial charge in [0.05, 0.1) is 0 Å². The summed E-state index contributed by atoms with van der Waals surface area (Å²) in [6.07, 6.45) is -5.24. The van der Waals surface area contributed by atoms with Crippen molar-refractivity contribution in [3.8, 4) is 0 Å². The molecule has 0 aromatic carbocycles.